The van der Waals surface area contributed by atoms with Crippen LogP contribution < -0.4 is 0 Å². The fourth-order valence-electron chi connectivity index (χ4n) is 1.95. The zero-order chi connectivity index (χ0) is 17.2. The van der Waals surface area contributed by atoms with Gasteiger partial charge in [-0.3, -0.25) is 9.35 Å². The zero-order valence-corrected chi connectivity index (χ0v) is 14.3. The predicted octanol–water partition coefficient (Wildman–Crippen LogP) is 4.41. The molecule has 7 heteroatoms. The fraction of sp³-hybridized carbons (Fsp3) is 0.0625. The molecule has 2 aromatic rings. The second-order valence-electron chi connectivity index (χ2n) is 4.80. The summed E-state index contributed by atoms with van der Waals surface area (Å²) in [4.78, 5) is 11.7. The van der Waals surface area contributed by atoms with Gasteiger partial charge in [0, 0.05) is 5.56 Å². The summed E-state index contributed by atoms with van der Waals surface area (Å²) in [5, 5.41) is 0.523. The summed E-state index contributed by atoms with van der Waals surface area (Å²) in [6.45, 7) is 1.68. The lowest BCUT2D eigenvalue weighted by atomic mass is 10.1. The van der Waals surface area contributed by atoms with E-state index in [2.05, 4.69) is 0 Å². The molecule has 0 bridgehead atoms. The van der Waals surface area contributed by atoms with Crippen LogP contribution in [0.4, 0.5) is 0 Å². The van der Waals surface area contributed by atoms with Gasteiger partial charge in [-0.15, -0.1) is 0 Å². The summed E-state index contributed by atoms with van der Waals surface area (Å²) >= 11 is 11.8. The van der Waals surface area contributed by atoms with Crippen molar-refractivity contribution in [3.63, 3.8) is 0 Å². The molecule has 2 rings (SSSR count). The van der Waals surface area contributed by atoms with E-state index in [1.54, 1.807) is 31.2 Å². The van der Waals surface area contributed by atoms with E-state index in [9.17, 15) is 17.8 Å². The first-order valence-electron chi connectivity index (χ1n) is 6.44. The molecule has 0 saturated heterocycles. The number of carbonyl (C=O) groups is 1. The molecule has 0 amide bonds. The number of hydrogen-bond donors (Lipinski definition) is 1. The van der Waals surface area contributed by atoms with Gasteiger partial charge in [-0.05, 0) is 36.3 Å². The molecule has 2 aromatic carbocycles. The van der Waals surface area contributed by atoms with Crippen molar-refractivity contribution in [3.05, 3.63) is 74.1 Å². The summed E-state index contributed by atoms with van der Waals surface area (Å²) in [5.41, 5.74) is 1.13. The van der Waals surface area contributed by atoms with E-state index >= 15 is 0 Å². The highest BCUT2D eigenvalue weighted by Crippen LogP contribution is 2.28. The SMILES string of the molecule is Cc1cc(Cl)c(Cl)cc1C=C(C(=O)c1ccccc1)S(=O)(=O)O. The second kappa shape index (κ2) is 6.84. The molecule has 0 unspecified atom stereocenters. The Kier molecular flexibility index (Phi) is 5.26. The van der Waals surface area contributed by atoms with Crippen molar-refractivity contribution in [1.29, 1.82) is 0 Å². The van der Waals surface area contributed by atoms with Gasteiger partial charge >= 0.3 is 0 Å². The summed E-state index contributed by atoms with van der Waals surface area (Å²) in [5.74, 6) is -0.807. The monoisotopic (exact) mass is 370 g/mol. The minimum atomic E-state index is -4.71. The van der Waals surface area contributed by atoms with Crippen LogP contribution in [-0.4, -0.2) is 18.8 Å². The highest BCUT2D eigenvalue weighted by molar-refractivity contribution is 7.91. The predicted molar refractivity (Wildman–Crippen MR) is 91.5 cm³/mol. The number of Topliss-reactive ketones (excluding diaryl/α,β-unsaturated/α-hetero) is 1. The highest BCUT2D eigenvalue weighted by atomic mass is 35.5. The Labute approximate surface area is 144 Å². The van der Waals surface area contributed by atoms with E-state index in [1.807, 2.05) is 0 Å². The molecule has 120 valence electrons. The van der Waals surface area contributed by atoms with E-state index in [4.69, 9.17) is 23.2 Å². The molecule has 0 saturated carbocycles. The molecule has 0 aliphatic heterocycles. The van der Waals surface area contributed by atoms with Gasteiger partial charge in [-0.1, -0.05) is 53.5 Å². The molecule has 0 fully saturated rings. The van der Waals surface area contributed by atoms with Gasteiger partial charge in [0.25, 0.3) is 10.1 Å². The number of halogens is 2. The number of ketones is 1. The maximum Gasteiger partial charge on any atom is 0.298 e. The van der Waals surface area contributed by atoms with E-state index < -0.39 is 20.8 Å². The van der Waals surface area contributed by atoms with E-state index in [-0.39, 0.29) is 10.6 Å². The van der Waals surface area contributed by atoms with Crippen molar-refractivity contribution < 1.29 is 17.8 Å². The van der Waals surface area contributed by atoms with Crippen molar-refractivity contribution >= 4 is 45.2 Å². The van der Waals surface area contributed by atoms with Gasteiger partial charge in [0.05, 0.1) is 10.0 Å². The Morgan fingerprint density at radius 2 is 1.65 bits per heavy atom. The van der Waals surface area contributed by atoms with Crippen LogP contribution in [0.3, 0.4) is 0 Å². The van der Waals surface area contributed by atoms with Gasteiger partial charge in [-0.2, -0.15) is 8.42 Å². The lowest BCUT2D eigenvalue weighted by molar-refractivity contribution is 0.104. The Hall–Kier alpha value is -1.66. The molecule has 0 radical (unpaired) electrons. The van der Waals surface area contributed by atoms with Gasteiger partial charge in [0.2, 0.25) is 5.78 Å². The van der Waals surface area contributed by atoms with Crippen molar-refractivity contribution in [2.75, 3.05) is 0 Å². The molecule has 0 spiro atoms. The van der Waals surface area contributed by atoms with Crippen LogP contribution in [0.2, 0.25) is 10.0 Å². The maximum absolute atomic E-state index is 12.4. The third kappa shape index (κ3) is 4.20. The van der Waals surface area contributed by atoms with Crippen LogP contribution in [-0.2, 0) is 10.1 Å². The van der Waals surface area contributed by atoms with Crippen LogP contribution in [0.5, 0.6) is 0 Å². The van der Waals surface area contributed by atoms with Crippen molar-refractivity contribution in [1.82, 2.24) is 0 Å². The Morgan fingerprint density at radius 3 is 2.22 bits per heavy atom. The third-order valence-electron chi connectivity index (χ3n) is 3.13. The summed E-state index contributed by atoms with van der Waals surface area (Å²) in [7, 11) is -4.71. The van der Waals surface area contributed by atoms with Crippen molar-refractivity contribution in [2.24, 2.45) is 0 Å². The largest absolute Gasteiger partial charge is 0.298 e. The first-order chi connectivity index (χ1) is 10.7. The molecular formula is C16H12Cl2O4S. The van der Waals surface area contributed by atoms with E-state index in [1.165, 1.54) is 18.2 Å². The molecular weight excluding hydrogens is 359 g/mol. The molecule has 23 heavy (non-hydrogen) atoms. The average Bonchev–Trinajstić information content (AvgIpc) is 2.48. The van der Waals surface area contributed by atoms with Crippen molar-refractivity contribution in [3.8, 4) is 0 Å². The minimum absolute atomic E-state index is 0.147. The first-order valence-corrected chi connectivity index (χ1v) is 8.64. The van der Waals surface area contributed by atoms with Gasteiger partial charge in [0.15, 0.2) is 0 Å². The first kappa shape index (κ1) is 17.7. The van der Waals surface area contributed by atoms with E-state index in [0.29, 0.717) is 16.1 Å². The lowest BCUT2D eigenvalue weighted by Gasteiger charge is -2.07. The Morgan fingerprint density at radius 1 is 1.09 bits per heavy atom. The number of hydrogen-bond acceptors (Lipinski definition) is 3. The van der Waals surface area contributed by atoms with Crippen LogP contribution in [0.25, 0.3) is 6.08 Å². The molecule has 0 aromatic heterocycles. The standard InChI is InChI=1S/C16H12Cl2O4S/c1-10-7-13(17)14(18)8-12(10)9-15(23(20,21)22)16(19)11-5-3-2-4-6-11/h2-9H,1H3,(H,20,21,22). The average molecular weight is 371 g/mol. The van der Waals surface area contributed by atoms with Crippen LogP contribution in [0.15, 0.2) is 47.4 Å². The molecule has 0 atom stereocenters. The van der Waals surface area contributed by atoms with Crippen LogP contribution in [0, 0.1) is 6.92 Å². The number of rotatable bonds is 4. The Balaban J connectivity index is 2.61. The summed E-state index contributed by atoms with van der Waals surface area (Å²) < 4.78 is 32.7. The summed E-state index contributed by atoms with van der Waals surface area (Å²) in [6.07, 6.45) is 1.09. The highest BCUT2D eigenvalue weighted by Gasteiger charge is 2.24. The molecule has 0 heterocycles. The Bertz CT molecular complexity index is 888. The number of benzene rings is 2. The second-order valence-corrected chi connectivity index (χ2v) is 7.01. The van der Waals surface area contributed by atoms with Gasteiger partial charge < -0.3 is 0 Å². The van der Waals surface area contributed by atoms with Crippen LogP contribution >= 0.6 is 23.2 Å². The number of aryl methyl sites for hydroxylation is 1. The number of allylic oxidation sites excluding steroid dienone is 1. The van der Waals surface area contributed by atoms with Gasteiger partial charge in [-0.25, -0.2) is 0 Å². The molecule has 1 N–H and O–H groups in total. The maximum atomic E-state index is 12.4. The van der Waals surface area contributed by atoms with Crippen molar-refractivity contribution in [2.45, 2.75) is 6.92 Å². The topological polar surface area (TPSA) is 71.4 Å². The number of carbonyl (C=O) groups excluding carboxylic acids is 1. The van der Waals surface area contributed by atoms with Gasteiger partial charge in [0.1, 0.15) is 4.91 Å². The third-order valence-corrected chi connectivity index (χ3v) is 4.71. The van der Waals surface area contributed by atoms with Crippen LogP contribution in [0.1, 0.15) is 21.5 Å². The minimum Gasteiger partial charge on any atom is -0.288 e. The smallest absolute Gasteiger partial charge is 0.288 e. The normalized spacial score (nSPS) is 12.3. The fourth-order valence-corrected chi connectivity index (χ4v) is 2.97. The molecule has 0 aliphatic rings. The van der Waals surface area contributed by atoms with E-state index in [0.717, 1.165) is 6.08 Å². The molecule has 0 aliphatic carbocycles. The quantitative estimate of drug-likeness (QED) is 0.491. The zero-order valence-electron chi connectivity index (χ0n) is 12.0. The lowest BCUT2D eigenvalue weighted by Crippen LogP contribution is -2.13. The summed E-state index contributed by atoms with van der Waals surface area (Å²) in [6, 6.07) is 10.8. The molecule has 4 nitrogen and oxygen atoms in total.